The highest BCUT2D eigenvalue weighted by molar-refractivity contribution is 9.10. The third-order valence-corrected chi connectivity index (χ3v) is 4.94. The van der Waals surface area contributed by atoms with Gasteiger partial charge in [-0.05, 0) is 46.3 Å². The van der Waals surface area contributed by atoms with Gasteiger partial charge < -0.3 is 5.32 Å². The molecule has 1 aliphatic carbocycles. The molecule has 1 fully saturated rings. The Hall–Kier alpha value is -0.210. The predicted molar refractivity (Wildman–Crippen MR) is 74.2 cm³/mol. The largest absolute Gasteiger partial charge is 0.381 e. The molecule has 1 saturated carbocycles. The van der Waals surface area contributed by atoms with Gasteiger partial charge in [0.25, 0.3) is 0 Å². The summed E-state index contributed by atoms with van der Waals surface area (Å²) in [6.07, 6.45) is 3.84. The zero-order chi connectivity index (χ0) is 11.8. The minimum absolute atomic E-state index is 0.377. The summed E-state index contributed by atoms with van der Waals surface area (Å²) in [5.41, 5.74) is 1.48. The molecule has 1 aliphatic rings. The van der Waals surface area contributed by atoms with E-state index in [0.29, 0.717) is 11.5 Å². The highest BCUT2D eigenvalue weighted by Crippen LogP contribution is 2.40. The normalized spacial score (nSPS) is 23.4. The second-order valence-corrected chi connectivity index (χ2v) is 6.38. The number of hydrogen-bond acceptors (Lipinski definition) is 1. The lowest BCUT2D eigenvalue weighted by atomic mass is 9.87. The van der Waals surface area contributed by atoms with Crippen molar-refractivity contribution in [2.75, 3.05) is 5.32 Å². The first kappa shape index (κ1) is 12.3. The number of rotatable bonds is 2. The van der Waals surface area contributed by atoms with E-state index in [0.717, 1.165) is 15.2 Å². The van der Waals surface area contributed by atoms with Gasteiger partial charge in [-0.2, -0.15) is 0 Å². The fraction of sp³-hybridized carbons (Fsp3) is 0.538. The molecule has 0 amide bonds. The van der Waals surface area contributed by atoms with Crippen LogP contribution in [0.25, 0.3) is 0 Å². The first-order chi connectivity index (χ1) is 7.50. The molecule has 1 atom stereocenters. The van der Waals surface area contributed by atoms with Crippen molar-refractivity contribution in [2.45, 2.75) is 39.2 Å². The van der Waals surface area contributed by atoms with E-state index in [-0.39, 0.29) is 0 Å². The van der Waals surface area contributed by atoms with Gasteiger partial charge in [0.2, 0.25) is 0 Å². The summed E-state index contributed by atoms with van der Waals surface area (Å²) < 4.78 is 0.972. The van der Waals surface area contributed by atoms with Crippen molar-refractivity contribution in [3.05, 3.63) is 27.7 Å². The van der Waals surface area contributed by atoms with E-state index in [2.05, 4.69) is 41.2 Å². The average molecular weight is 303 g/mol. The molecular weight excluding hydrogens is 286 g/mol. The third kappa shape index (κ3) is 2.38. The van der Waals surface area contributed by atoms with Gasteiger partial charge in [0.1, 0.15) is 0 Å². The van der Waals surface area contributed by atoms with E-state index in [1.807, 2.05) is 12.1 Å². The molecule has 2 rings (SSSR count). The SMILES string of the molecule is CC1(C)CCCC1Nc1cccc(Cl)c1Br. The summed E-state index contributed by atoms with van der Waals surface area (Å²) in [5.74, 6) is 0. The highest BCUT2D eigenvalue weighted by Gasteiger charge is 2.34. The smallest absolute Gasteiger partial charge is 0.0593 e. The van der Waals surface area contributed by atoms with Crippen LogP contribution in [-0.4, -0.2) is 6.04 Å². The lowest BCUT2D eigenvalue weighted by Gasteiger charge is -2.29. The van der Waals surface area contributed by atoms with E-state index < -0.39 is 0 Å². The fourth-order valence-electron chi connectivity index (χ4n) is 2.40. The van der Waals surface area contributed by atoms with Crippen LogP contribution in [0.1, 0.15) is 33.1 Å². The van der Waals surface area contributed by atoms with Crippen molar-refractivity contribution < 1.29 is 0 Å². The van der Waals surface area contributed by atoms with Crippen molar-refractivity contribution in [1.29, 1.82) is 0 Å². The molecule has 1 aromatic rings. The van der Waals surface area contributed by atoms with Crippen LogP contribution in [0, 0.1) is 5.41 Å². The summed E-state index contributed by atoms with van der Waals surface area (Å²) in [7, 11) is 0. The number of nitrogens with one attached hydrogen (secondary N) is 1. The summed E-state index contributed by atoms with van der Waals surface area (Å²) in [6, 6.07) is 6.50. The van der Waals surface area contributed by atoms with Crippen molar-refractivity contribution in [3.63, 3.8) is 0 Å². The van der Waals surface area contributed by atoms with Crippen LogP contribution in [0.3, 0.4) is 0 Å². The van der Waals surface area contributed by atoms with Crippen molar-refractivity contribution in [3.8, 4) is 0 Å². The number of anilines is 1. The average Bonchev–Trinajstić information content (AvgIpc) is 2.54. The quantitative estimate of drug-likeness (QED) is 0.802. The van der Waals surface area contributed by atoms with Gasteiger partial charge in [-0.25, -0.2) is 0 Å². The second-order valence-electron chi connectivity index (χ2n) is 5.18. The molecule has 3 heteroatoms. The van der Waals surface area contributed by atoms with E-state index in [1.165, 1.54) is 19.3 Å². The maximum absolute atomic E-state index is 6.08. The summed E-state index contributed by atoms with van der Waals surface area (Å²) in [4.78, 5) is 0. The van der Waals surface area contributed by atoms with Crippen LogP contribution in [0.15, 0.2) is 22.7 Å². The Morgan fingerprint density at radius 3 is 2.81 bits per heavy atom. The molecule has 0 radical (unpaired) electrons. The summed E-state index contributed by atoms with van der Waals surface area (Å²) in [5, 5.41) is 4.37. The molecular formula is C13H17BrClN. The van der Waals surface area contributed by atoms with Crippen LogP contribution in [0.5, 0.6) is 0 Å². The Kier molecular flexibility index (Phi) is 3.50. The van der Waals surface area contributed by atoms with Gasteiger partial charge in [0.05, 0.1) is 15.2 Å². The first-order valence-electron chi connectivity index (χ1n) is 5.71. The molecule has 0 heterocycles. The van der Waals surface area contributed by atoms with Crippen molar-refractivity contribution in [1.82, 2.24) is 0 Å². The molecule has 88 valence electrons. The summed E-state index contributed by atoms with van der Waals surface area (Å²) in [6.45, 7) is 4.66. The Morgan fingerprint density at radius 2 is 2.19 bits per heavy atom. The second kappa shape index (κ2) is 4.58. The van der Waals surface area contributed by atoms with Crippen LogP contribution in [-0.2, 0) is 0 Å². The van der Waals surface area contributed by atoms with Gasteiger partial charge in [0.15, 0.2) is 0 Å². The fourth-order valence-corrected chi connectivity index (χ4v) is 2.95. The number of halogens is 2. The molecule has 16 heavy (non-hydrogen) atoms. The molecule has 1 nitrogen and oxygen atoms in total. The van der Waals surface area contributed by atoms with Gasteiger partial charge in [0, 0.05) is 6.04 Å². The van der Waals surface area contributed by atoms with E-state index in [4.69, 9.17) is 11.6 Å². The highest BCUT2D eigenvalue weighted by atomic mass is 79.9. The molecule has 1 aromatic carbocycles. The topological polar surface area (TPSA) is 12.0 Å². The van der Waals surface area contributed by atoms with Crippen LogP contribution < -0.4 is 5.32 Å². The van der Waals surface area contributed by atoms with Crippen molar-refractivity contribution in [2.24, 2.45) is 5.41 Å². The van der Waals surface area contributed by atoms with Crippen LogP contribution >= 0.6 is 27.5 Å². The van der Waals surface area contributed by atoms with Gasteiger partial charge in [-0.1, -0.05) is 37.9 Å². The van der Waals surface area contributed by atoms with Crippen LogP contribution in [0.4, 0.5) is 5.69 Å². The monoisotopic (exact) mass is 301 g/mol. The molecule has 0 aliphatic heterocycles. The molecule has 0 saturated heterocycles. The minimum atomic E-state index is 0.377. The molecule has 1 N–H and O–H groups in total. The van der Waals surface area contributed by atoms with Crippen molar-refractivity contribution >= 4 is 33.2 Å². The molecule has 1 unspecified atom stereocenters. The van der Waals surface area contributed by atoms with E-state index in [9.17, 15) is 0 Å². The van der Waals surface area contributed by atoms with Gasteiger partial charge >= 0.3 is 0 Å². The predicted octanol–water partition coefficient (Wildman–Crippen LogP) is 5.09. The molecule has 0 bridgehead atoms. The van der Waals surface area contributed by atoms with Gasteiger partial charge in [-0.15, -0.1) is 0 Å². The Labute approximate surface area is 111 Å². The molecule has 0 spiro atoms. The maximum Gasteiger partial charge on any atom is 0.0593 e. The summed E-state index contributed by atoms with van der Waals surface area (Å²) >= 11 is 9.61. The zero-order valence-electron chi connectivity index (χ0n) is 9.69. The zero-order valence-corrected chi connectivity index (χ0v) is 12.0. The number of hydrogen-bond donors (Lipinski definition) is 1. The van der Waals surface area contributed by atoms with Crippen LogP contribution in [0.2, 0.25) is 5.02 Å². The third-order valence-electron chi connectivity index (χ3n) is 3.54. The lowest BCUT2D eigenvalue weighted by molar-refractivity contribution is 0.350. The first-order valence-corrected chi connectivity index (χ1v) is 6.88. The van der Waals surface area contributed by atoms with Gasteiger partial charge in [-0.3, -0.25) is 0 Å². The lowest BCUT2D eigenvalue weighted by Crippen LogP contribution is -2.30. The van der Waals surface area contributed by atoms with E-state index in [1.54, 1.807) is 0 Å². The minimum Gasteiger partial charge on any atom is -0.381 e. The number of benzene rings is 1. The Morgan fingerprint density at radius 1 is 1.44 bits per heavy atom. The maximum atomic E-state index is 6.08. The standard InChI is InChI=1S/C13H17BrClN/c1-13(2)8-4-7-11(13)16-10-6-3-5-9(15)12(10)14/h3,5-6,11,16H,4,7-8H2,1-2H3. The Bertz CT molecular complexity index is 390. The molecule has 0 aromatic heterocycles. The van der Waals surface area contributed by atoms with E-state index >= 15 is 0 Å². The Balaban J connectivity index is 2.18.